The van der Waals surface area contributed by atoms with Crippen molar-refractivity contribution < 1.29 is 23.8 Å². The number of ether oxygens (including phenoxy) is 3. The Balaban J connectivity index is 1.39. The lowest BCUT2D eigenvalue weighted by atomic mass is 10.2. The van der Waals surface area contributed by atoms with Gasteiger partial charge in [-0.25, -0.2) is 4.79 Å². The molecule has 9 nitrogen and oxygen atoms in total. The molecule has 29 heavy (non-hydrogen) atoms. The number of carbonyl (C=O) groups is 2. The van der Waals surface area contributed by atoms with Gasteiger partial charge in [0, 0.05) is 49.8 Å². The smallest absolute Gasteiger partial charge is 0.409 e. The van der Waals surface area contributed by atoms with E-state index in [-0.39, 0.29) is 18.8 Å². The number of rotatable bonds is 4. The molecular formula is C20H22N4O5. The number of nitrogens with one attached hydrogen (secondary N) is 1. The molecule has 2 aliphatic rings. The molecule has 2 amide bonds. The topological polar surface area (TPSA) is 93.2 Å². The largest absolute Gasteiger partial charge is 0.454 e. The first kappa shape index (κ1) is 18.9. The third-order valence-corrected chi connectivity index (χ3v) is 4.73. The van der Waals surface area contributed by atoms with Gasteiger partial charge in [-0.2, -0.15) is 0 Å². The van der Waals surface area contributed by atoms with E-state index in [0.29, 0.717) is 50.0 Å². The number of fused-ring (bicyclic) bond motifs is 1. The van der Waals surface area contributed by atoms with Crippen molar-refractivity contribution in [1.82, 2.24) is 14.8 Å². The van der Waals surface area contributed by atoms with E-state index in [1.54, 1.807) is 35.1 Å². The fourth-order valence-electron chi connectivity index (χ4n) is 3.24. The van der Waals surface area contributed by atoms with E-state index < -0.39 is 0 Å². The number of hydrogen-bond acceptors (Lipinski definition) is 7. The van der Waals surface area contributed by atoms with Gasteiger partial charge in [0.05, 0.1) is 6.61 Å². The number of hydrogen-bond donors (Lipinski definition) is 1. The van der Waals surface area contributed by atoms with Gasteiger partial charge in [0.2, 0.25) is 6.79 Å². The maximum Gasteiger partial charge on any atom is 0.409 e. The van der Waals surface area contributed by atoms with Crippen LogP contribution in [0.4, 0.5) is 16.2 Å². The summed E-state index contributed by atoms with van der Waals surface area (Å²) in [6, 6.07) is 9.06. The van der Waals surface area contributed by atoms with Gasteiger partial charge in [-0.05, 0) is 31.2 Å². The molecule has 2 aliphatic heterocycles. The summed E-state index contributed by atoms with van der Waals surface area (Å²) in [5, 5.41) is 3.25. The molecule has 1 saturated heterocycles. The van der Waals surface area contributed by atoms with Crippen LogP contribution in [-0.4, -0.2) is 66.4 Å². The van der Waals surface area contributed by atoms with Gasteiger partial charge >= 0.3 is 6.09 Å². The van der Waals surface area contributed by atoms with Gasteiger partial charge in [-0.1, -0.05) is 0 Å². The van der Waals surface area contributed by atoms with Crippen LogP contribution in [0.25, 0.3) is 0 Å². The molecule has 0 radical (unpaired) electrons. The van der Waals surface area contributed by atoms with E-state index in [4.69, 9.17) is 14.2 Å². The Morgan fingerprint density at radius 1 is 1.03 bits per heavy atom. The summed E-state index contributed by atoms with van der Waals surface area (Å²) in [7, 11) is 0. The zero-order valence-corrected chi connectivity index (χ0v) is 16.1. The second kappa shape index (κ2) is 8.26. The molecule has 1 aromatic carbocycles. The van der Waals surface area contributed by atoms with Crippen LogP contribution in [-0.2, 0) is 4.74 Å². The number of carbonyl (C=O) groups excluding carboxylic acids is 2. The van der Waals surface area contributed by atoms with E-state index in [2.05, 4.69) is 10.3 Å². The number of anilines is 2. The van der Waals surface area contributed by atoms with Crippen LogP contribution in [0.1, 0.15) is 17.4 Å². The number of pyridine rings is 1. The van der Waals surface area contributed by atoms with Gasteiger partial charge in [-0.3, -0.25) is 9.78 Å². The normalized spacial score (nSPS) is 15.2. The van der Waals surface area contributed by atoms with Crippen LogP contribution in [0.3, 0.4) is 0 Å². The highest BCUT2D eigenvalue weighted by Gasteiger charge is 2.26. The van der Waals surface area contributed by atoms with Crippen molar-refractivity contribution in [3.05, 3.63) is 42.2 Å². The second-order valence-corrected chi connectivity index (χ2v) is 6.60. The minimum Gasteiger partial charge on any atom is -0.454 e. The number of piperazine rings is 1. The predicted octanol–water partition coefficient (Wildman–Crippen LogP) is 2.47. The molecule has 4 rings (SSSR count). The maximum absolute atomic E-state index is 12.8. The zero-order valence-electron chi connectivity index (χ0n) is 16.1. The van der Waals surface area contributed by atoms with Crippen LogP contribution in [0.5, 0.6) is 11.5 Å². The Labute approximate surface area is 168 Å². The number of aromatic nitrogens is 1. The number of nitrogens with zero attached hydrogens (tertiary/aromatic N) is 3. The van der Waals surface area contributed by atoms with Gasteiger partial charge in [0.25, 0.3) is 5.91 Å². The summed E-state index contributed by atoms with van der Waals surface area (Å²) in [6.07, 6.45) is 1.25. The Morgan fingerprint density at radius 2 is 1.76 bits per heavy atom. The lowest BCUT2D eigenvalue weighted by Gasteiger charge is -2.33. The van der Waals surface area contributed by atoms with Gasteiger partial charge in [-0.15, -0.1) is 0 Å². The Hall–Kier alpha value is -3.49. The molecule has 1 fully saturated rings. The van der Waals surface area contributed by atoms with Crippen LogP contribution in [0.15, 0.2) is 36.5 Å². The highest BCUT2D eigenvalue weighted by Crippen LogP contribution is 2.35. The van der Waals surface area contributed by atoms with Crippen molar-refractivity contribution in [1.29, 1.82) is 0 Å². The third kappa shape index (κ3) is 4.18. The molecule has 1 aromatic heterocycles. The van der Waals surface area contributed by atoms with Gasteiger partial charge in [0.15, 0.2) is 11.5 Å². The van der Waals surface area contributed by atoms with Crippen LogP contribution >= 0.6 is 0 Å². The van der Waals surface area contributed by atoms with Crippen molar-refractivity contribution in [2.24, 2.45) is 0 Å². The summed E-state index contributed by atoms with van der Waals surface area (Å²) < 4.78 is 15.7. The first-order valence-electron chi connectivity index (χ1n) is 9.48. The summed E-state index contributed by atoms with van der Waals surface area (Å²) in [6.45, 7) is 4.10. The van der Waals surface area contributed by atoms with Crippen LogP contribution < -0.4 is 14.8 Å². The molecule has 0 aliphatic carbocycles. The number of amides is 2. The summed E-state index contributed by atoms with van der Waals surface area (Å²) in [5.41, 5.74) is 1.91. The highest BCUT2D eigenvalue weighted by atomic mass is 16.7. The molecular weight excluding hydrogens is 376 g/mol. The van der Waals surface area contributed by atoms with Crippen LogP contribution in [0.2, 0.25) is 0 Å². The van der Waals surface area contributed by atoms with Crippen LogP contribution in [0, 0.1) is 0 Å². The summed E-state index contributed by atoms with van der Waals surface area (Å²) >= 11 is 0. The molecule has 9 heteroatoms. The van der Waals surface area contributed by atoms with E-state index >= 15 is 0 Å². The second-order valence-electron chi connectivity index (χ2n) is 6.60. The third-order valence-electron chi connectivity index (χ3n) is 4.73. The Morgan fingerprint density at radius 3 is 2.55 bits per heavy atom. The molecule has 1 N–H and O–H groups in total. The molecule has 3 heterocycles. The fraction of sp³-hybridized carbons (Fsp3) is 0.350. The standard InChI is InChI=1S/C20H22N4O5/c1-2-27-20(26)24-9-7-23(8-10-24)19(25)16-11-15(5-6-21-16)22-14-3-4-17-18(12-14)29-13-28-17/h3-6,11-12H,2,7-10,13H2,1H3,(H,21,22). The van der Waals surface area contributed by atoms with E-state index in [0.717, 1.165) is 11.4 Å². The first-order chi connectivity index (χ1) is 14.1. The summed E-state index contributed by atoms with van der Waals surface area (Å²) in [5.74, 6) is 1.23. The van der Waals surface area contributed by atoms with Gasteiger partial charge < -0.3 is 29.3 Å². The van der Waals surface area contributed by atoms with E-state index in [9.17, 15) is 9.59 Å². The van der Waals surface area contributed by atoms with Crippen molar-refractivity contribution in [3.8, 4) is 11.5 Å². The maximum atomic E-state index is 12.8. The fourth-order valence-corrected chi connectivity index (χ4v) is 3.24. The van der Waals surface area contributed by atoms with Crippen molar-refractivity contribution >= 4 is 23.4 Å². The quantitative estimate of drug-likeness (QED) is 0.846. The predicted molar refractivity (Wildman–Crippen MR) is 105 cm³/mol. The van der Waals surface area contributed by atoms with E-state index in [1.165, 1.54) is 0 Å². The van der Waals surface area contributed by atoms with E-state index in [1.807, 2.05) is 18.2 Å². The first-order valence-corrected chi connectivity index (χ1v) is 9.48. The van der Waals surface area contributed by atoms with Crippen molar-refractivity contribution in [2.45, 2.75) is 6.92 Å². The average molecular weight is 398 g/mol. The summed E-state index contributed by atoms with van der Waals surface area (Å²) in [4.78, 5) is 32.1. The minimum atomic E-state index is -0.340. The molecule has 0 bridgehead atoms. The average Bonchev–Trinajstić information content (AvgIpc) is 3.21. The molecule has 0 atom stereocenters. The molecule has 152 valence electrons. The Bertz CT molecular complexity index is 911. The highest BCUT2D eigenvalue weighted by molar-refractivity contribution is 5.93. The Kier molecular flexibility index (Phi) is 5.37. The van der Waals surface area contributed by atoms with Gasteiger partial charge in [0.1, 0.15) is 5.69 Å². The minimum absolute atomic E-state index is 0.164. The SMILES string of the molecule is CCOC(=O)N1CCN(C(=O)c2cc(Nc3ccc4c(c3)OCO4)ccn2)CC1. The van der Waals surface area contributed by atoms with Crippen molar-refractivity contribution in [3.63, 3.8) is 0 Å². The molecule has 0 saturated carbocycles. The molecule has 2 aromatic rings. The lowest BCUT2D eigenvalue weighted by Crippen LogP contribution is -2.50. The molecule has 0 spiro atoms. The van der Waals surface area contributed by atoms with Crippen molar-refractivity contribution in [2.75, 3.05) is 44.9 Å². The monoisotopic (exact) mass is 398 g/mol. The number of benzene rings is 1. The molecule has 0 unspecified atom stereocenters. The zero-order chi connectivity index (χ0) is 20.2. The lowest BCUT2D eigenvalue weighted by molar-refractivity contribution is 0.0566.